The molecular formula is C19H21ClN4O4. The maximum absolute atomic E-state index is 13.1. The average Bonchev–Trinajstić information content (AvgIpc) is 3.30. The van der Waals surface area contributed by atoms with Gasteiger partial charge in [-0.1, -0.05) is 11.6 Å². The van der Waals surface area contributed by atoms with Crippen LogP contribution in [0.25, 0.3) is 11.3 Å². The largest absolute Gasteiger partial charge is 0.481 e. The first-order chi connectivity index (χ1) is 13.5. The van der Waals surface area contributed by atoms with E-state index >= 15 is 0 Å². The minimum atomic E-state index is -0.188. The van der Waals surface area contributed by atoms with E-state index in [1.54, 1.807) is 12.1 Å². The summed E-state index contributed by atoms with van der Waals surface area (Å²) in [7, 11) is 2.93. The Balaban J connectivity index is 1.55. The van der Waals surface area contributed by atoms with E-state index in [0.29, 0.717) is 40.7 Å². The summed E-state index contributed by atoms with van der Waals surface area (Å²) in [6, 6.07) is 3.46. The Morgan fingerprint density at radius 3 is 2.57 bits per heavy atom. The number of carbonyl (C=O) groups excluding carboxylic acids is 2. The van der Waals surface area contributed by atoms with Crippen molar-refractivity contribution in [3.8, 4) is 17.1 Å². The molecule has 2 aromatic heterocycles. The maximum atomic E-state index is 13.1. The Bertz CT molecular complexity index is 901. The molecule has 0 radical (unpaired) electrons. The number of halogens is 1. The van der Waals surface area contributed by atoms with Crippen LogP contribution >= 0.6 is 11.6 Å². The lowest BCUT2D eigenvalue weighted by Crippen LogP contribution is -2.48. The summed E-state index contributed by atoms with van der Waals surface area (Å²) in [6.45, 7) is 0. The molecule has 2 fully saturated rings. The first-order valence-electron chi connectivity index (χ1n) is 9.17. The van der Waals surface area contributed by atoms with Gasteiger partial charge in [-0.3, -0.25) is 14.7 Å². The van der Waals surface area contributed by atoms with E-state index in [-0.39, 0.29) is 29.9 Å². The number of nitrogens with zero attached hydrogens (tertiary/aromatic N) is 3. The van der Waals surface area contributed by atoms with Gasteiger partial charge in [-0.05, 0) is 31.7 Å². The zero-order chi connectivity index (χ0) is 19.8. The summed E-state index contributed by atoms with van der Waals surface area (Å²) in [6.07, 6.45) is 4.57. The molecule has 0 spiro atoms. The fraction of sp³-hybridized carbons (Fsp3) is 0.474. The first-order valence-corrected chi connectivity index (χ1v) is 9.55. The van der Waals surface area contributed by atoms with Gasteiger partial charge in [-0.25, -0.2) is 4.98 Å². The van der Waals surface area contributed by atoms with Gasteiger partial charge in [0, 0.05) is 23.7 Å². The number of esters is 1. The lowest BCUT2D eigenvalue weighted by molar-refractivity contribution is -0.147. The molecule has 1 unspecified atom stereocenters. The van der Waals surface area contributed by atoms with Crippen LogP contribution in [0.5, 0.6) is 5.88 Å². The van der Waals surface area contributed by atoms with Crippen LogP contribution in [-0.2, 0) is 9.53 Å². The smallest absolute Gasteiger partial charge is 0.308 e. The van der Waals surface area contributed by atoms with Crippen molar-refractivity contribution in [2.75, 3.05) is 14.2 Å². The fourth-order valence-corrected chi connectivity index (χ4v) is 4.51. The highest BCUT2D eigenvalue weighted by Gasteiger charge is 2.46. The molecule has 28 heavy (non-hydrogen) atoms. The third kappa shape index (κ3) is 3.22. The molecule has 1 amide bonds. The number of aromatic nitrogens is 3. The molecule has 148 valence electrons. The Morgan fingerprint density at radius 2 is 1.93 bits per heavy atom. The van der Waals surface area contributed by atoms with Crippen LogP contribution in [0, 0.1) is 5.92 Å². The maximum Gasteiger partial charge on any atom is 0.308 e. The SMILES string of the molecule is COC(=O)C1C[C@H]2CC[C@@H](C1)N2C(=O)c1cc(-c2cc(OC)ncc2Cl)[nH]n1. The third-order valence-electron chi connectivity index (χ3n) is 5.63. The van der Waals surface area contributed by atoms with Gasteiger partial charge in [-0.15, -0.1) is 0 Å². The summed E-state index contributed by atoms with van der Waals surface area (Å²) < 4.78 is 10.0. The van der Waals surface area contributed by atoms with Crippen LogP contribution in [-0.4, -0.2) is 58.3 Å². The highest BCUT2D eigenvalue weighted by molar-refractivity contribution is 6.33. The normalized spacial score (nSPS) is 23.5. The second kappa shape index (κ2) is 7.43. The number of hydrogen-bond donors (Lipinski definition) is 1. The molecule has 0 aromatic carbocycles. The van der Waals surface area contributed by atoms with Crippen molar-refractivity contribution in [1.29, 1.82) is 0 Å². The summed E-state index contributed by atoms with van der Waals surface area (Å²) >= 11 is 6.24. The number of pyridine rings is 1. The molecule has 2 saturated heterocycles. The zero-order valence-corrected chi connectivity index (χ0v) is 16.4. The number of carbonyl (C=O) groups is 2. The predicted octanol–water partition coefficient (Wildman–Crippen LogP) is 2.69. The number of ether oxygens (including phenoxy) is 2. The van der Waals surface area contributed by atoms with Crippen molar-refractivity contribution in [3.05, 3.63) is 29.0 Å². The molecule has 0 saturated carbocycles. The van der Waals surface area contributed by atoms with Crippen molar-refractivity contribution in [3.63, 3.8) is 0 Å². The van der Waals surface area contributed by atoms with Crippen molar-refractivity contribution in [1.82, 2.24) is 20.1 Å². The van der Waals surface area contributed by atoms with E-state index in [9.17, 15) is 9.59 Å². The van der Waals surface area contributed by atoms with Gasteiger partial charge in [0.05, 0.1) is 37.1 Å². The van der Waals surface area contributed by atoms with Crippen molar-refractivity contribution < 1.29 is 19.1 Å². The predicted molar refractivity (Wildman–Crippen MR) is 101 cm³/mol. The van der Waals surface area contributed by atoms with E-state index in [1.807, 2.05) is 4.90 Å². The van der Waals surface area contributed by atoms with Gasteiger partial charge in [0.1, 0.15) is 0 Å². The summed E-state index contributed by atoms with van der Waals surface area (Å²) in [5.41, 5.74) is 1.61. The van der Waals surface area contributed by atoms with Gasteiger partial charge in [0.15, 0.2) is 5.69 Å². The van der Waals surface area contributed by atoms with E-state index in [1.165, 1.54) is 20.4 Å². The second-order valence-electron chi connectivity index (χ2n) is 7.16. The van der Waals surface area contributed by atoms with Crippen LogP contribution in [0.3, 0.4) is 0 Å². The molecule has 2 aromatic rings. The quantitative estimate of drug-likeness (QED) is 0.787. The standard InChI is InChI=1S/C19H21ClN4O4/c1-27-17-7-13(14(20)9-21-17)15-8-16(23-22-15)18(25)24-11-3-4-12(24)6-10(5-11)19(26)28-2/h7-12H,3-6H2,1-2H3,(H,22,23)/t10?,11-,12+. The van der Waals surface area contributed by atoms with Gasteiger partial charge in [0.25, 0.3) is 5.91 Å². The second-order valence-corrected chi connectivity index (χ2v) is 7.57. The first kappa shape index (κ1) is 18.7. The number of nitrogens with one attached hydrogen (secondary N) is 1. The minimum Gasteiger partial charge on any atom is -0.481 e. The van der Waals surface area contributed by atoms with Gasteiger partial charge < -0.3 is 14.4 Å². The van der Waals surface area contributed by atoms with Crippen LogP contribution in [0.4, 0.5) is 0 Å². The Labute approximate surface area is 167 Å². The van der Waals surface area contributed by atoms with Crippen molar-refractivity contribution in [2.24, 2.45) is 5.92 Å². The molecule has 0 aliphatic carbocycles. The van der Waals surface area contributed by atoms with E-state index < -0.39 is 0 Å². The number of aromatic amines is 1. The molecule has 2 bridgehead atoms. The van der Waals surface area contributed by atoms with Crippen LogP contribution in [0.1, 0.15) is 36.2 Å². The molecular weight excluding hydrogens is 384 g/mol. The summed E-state index contributed by atoms with van der Waals surface area (Å²) in [5, 5.41) is 7.52. The molecule has 9 heteroatoms. The Kier molecular flexibility index (Phi) is 4.97. The number of amides is 1. The van der Waals surface area contributed by atoms with E-state index in [0.717, 1.165) is 12.8 Å². The highest BCUT2D eigenvalue weighted by Crippen LogP contribution is 2.40. The molecule has 3 atom stereocenters. The topological polar surface area (TPSA) is 97.4 Å². The fourth-order valence-electron chi connectivity index (χ4n) is 4.31. The van der Waals surface area contributed by atoms with E-state index in [2.05, 4.69) is 15.2 Å². The number of rotatable bonds is 4. The van der Waals surface area contributed by atoms with E-state index in [4.69, 9.17) is 21.1 Å². The molecule has 1 N–H and O–H groups in total. The minimum absolute atomic E-state index is 0.0418. The molecule has 2 aliphatic rings. The van der Waals surface area contributed by atoms with Crippen molar-refractivity contribution >= 4 is 23.5 Å². The zero-order valence-electron chi connectivity index (χ0n) is 15.6. The van der Waals surface area contributed by atoms with Crippen molar-refractivity contribution in [2.45, 2.75) is 37.8 Å². The summed E-state index contributed by atoms with van der Waals surface area (Å²) in [4.78, 5) is 31.0. The van der Waals surface area contributed by atoms with Gasteiger partial charge in [0.2, 0.25) is 5.88 Å². The summed E-state index contributed by atoms with van der Waals surface area (Å²) in [5.74, 6) is -0.0306. The van der Waals surface area contributed by atoms with Crippen LogP contribution in [0.2, 0.25) is 5.02 Å². The third-order valence-corrected chi connectivity index (χ3v) is 5.93. The number of piperidine rings is 1. The highest BCUT2D eigenvalue weighted by atomic mass is 35.5. The molecule has 4 rings (SSSR count). The van der Waals surface area contributed by atoms with Gasteiger partial charge >= 0.3 is 5.97 Å². The Hall–Kier alpha value is -2.61. The van der Waals surface area contributed by atoms with Gasteiger partial charge in [-0.2, -0.15) is 5.10 Å². The molecule has 4 heterocycles. The molecule has 8 nitrogen and oxygen atoms in total. The Morgan fingerprint density at radius 1 is 1.21 bits per heavy atom. The average molecular weight is 405 g/mol. The monoisotopic (exact) mass is 404 g/mol. The number of H-pyrrole nitrogens is 1. The molecule has 2 aliphatic heterocycles. The number of fused-ring (bicyclic) bond motifs is 2. The number of hydrogen-bond acceptors (Lipinski definition) is 6. The van der Waals surface area contributed by atoms with Crippen LogP contribution < -0.4 is 4.74 Å². The lowest BCUT2D eigenvalue weighted by Gasteiger charge is -2.37. The van der Waals surface area contributed by atoms with Crippen LogP contribution in [0.15, 0.2) is 18.3 Å². The lowest BCUT2D eigenvalue weighted by atomic mass is 9.90. The number of methoxy groups -OCH3 is 2.